The molecule has 1 amide bonds. The molecule has 2 saturated heterocycles. The van der Waals surface area contributed by atoms with Crippen molar-refractivity contribution in [3.8, 4) is 17.1 Å². The van der Waals surface area contributed by atoms with Crippen LogP contribution in [0.25, 0.3) is 28.3 Å². The van der Waals surface area contributed by atoms with Gasteiger partial charge in [-0.3, -0.25) is 4.79 Å². The van der Waals surface area contributed by atoms with Gasteiger partial charge in [0.25, 0.3) is 11.6 Å². The Balaban J connectivity index is 1.39. The minimum Gasteiger partial charge on any atom is -0.413 e. The number of carbonyl (C=O) groups is 1. The first kappa shape index (κ1) is 22.7. The molecule has 5 heterocycles. The monoisotopic (exact) mass is 487 g/mol. The van der Waals surface area contributed by atoms with Gasteiger partial charge in [-0.2, -0.15) is 10.1 Å². The van der Waals surface area contributed by atoms with E-state index in [1.54, 1.807) is 9.58 Å². The predicted molar refractivity (Wildman–Crippen MR) is 136 cm³/mol. The van der Waals surface area contributed by atoms with Crippen molar-refractivity contribution >= 4 is 22.8 Å². The van der Waals surface area contributed by atoms with Gasteiger partial charge in [-0.15, -0.1) is 0 Å². The second kappa shape index (κ2) is 9.36. The largest absolute Gasteiger partial charge is 0.413 e. The molecule has 0 bridgehead atoms. The third-order valence-electron chi connectivity index (χ3n) is 6.80. The van der Waals surface area contributed by atoms with Gasteiger partial charge in [-0.25, -0.2) is 9.67 Å². The van der Waals surface area contributed by atoms with Crippen molar-refractivity contribution in [3.63, 3.8) is 0 Å². The van der Waals surface area contributed by atoms with Gasteiger partial charge in [0, 0.05) is 57.1 Å². The fourth-order valence-corrected chi connectivity index (χ4v) is 4.69. The van der Waals surface area contributed by atoms with Crippen LogP contribution < -0.4 is 4.90 Å². The molecule has 4 aromatic rings. The zero-order chi connectivity index (χ0) is 24.6. The number of amides is 1. The van der Waals surface area contributed by atoms with Gasteiger partial charge in [-0.1, -0.05) is 23.8 Å². The number of hydrogen-bond acceptors (Lipinski definition) is 8. The quantitative estimate of drug-likeness (QED) is 0.434. The van der Waals surface area contributed by atoms with Gasteiger partial charge in [0.1, 0.15) is 0 Å². The normalized spacial score (nSPS) is 17.2. The van der Waals surface area contributed by atoms with E-state index in [9.17, 15) is 4.79 Å². The number of hydrogen-bond donors (Lipinski definition) is 0. The molecule has 3 aromatic heterocycles. The molecule has 10 nitrogen and oxygen atoms in total. The maximum Gasteiger partial charge on any atom is 0.309 e. The Bertz CT molecular complexity index is 1400. The van der Waals surface area contributed by atoms with Crippen molar-refractivity contribution in [1.82, 2.24) is 29.5 Å². The summed E-state index contributed by atoms with van der Waals surface area (Å²) in [5.74, 6) is 0.490. The highest BCUT2D eigenvalue weighted by molar-refractivity contribution is 5.95. The molecular formula is C26H29N7O3. The summed E-state index contributed by atoms with van der Waals surface area (Å²) < 4.78 is 13.3. The van der Waals surface area contributed by atoms with E-state index in [1.807, 2.05) is 30.5 Å². The van der Waals surface area contributed by atoms with Crippen molar-refractivity contribution < 1.29 is 13.9 Å². The van der Waals surface area contributed by atoms with Crippen LogP contribution in [0.1, 0.15) is 16.2 Å². The van der Waals surface area contributed by atoms with E-state index >= 15 is 0 Å². The van der Waals surface area contributed by atoms with Crippen LogP contribution in [-0.4, -0.2) is 95.0 Å². The summed E-state index contributed by atoms with van der Waals surface area (Å²) >= 11 is 0. The summed E-state index contributed by atoms with van der Waals surface area (Å²) in [6.07, 6.45) is 1.89. The molecule has 0 spiro atoms. The third kappa shape index (κ3) is 4.33. The first-order valence-corrected chi connectivity index (χ1v) is 12.3. The van der Waals surface area contributed by atoms with E-state index in [4.69, 9.17) is 19.2 Å². The molecule has 186 valence electrons. The standard InChI is InChI=1S/C26H29N7O3/c1-18-4-3-5-19(16-18)20-6-7-33(29-20)22-17-21(31-12-14-35-15-13-31)23-24(27-22)36-25(28-23)26(34)32-10-8-30(2)9-11-32/h3-7,16-17H,8-15H2,1-2H3. The predicted octanol–water partition coefficient (Wildman–Crippen LogP) is 2.61. The molecule has 10 heteroatoms. The molecular weight excluding hydrogens is 458 g/mol. The lowest BCUT2D eigenvalue weighted by atomic mass is 10.1. The number of rotatable bonds is 4. The Morgan fingerprint density at radius 1 is 0.972 bits per heavy atom. The smallest absolute Gasteiger partial charge is 0.309 e. The maximum atomic E-state index is 13.2. The van der Waals surface area contributed by atoms with Crippen LogP contribution in [0.3, 0.4) is 0 Å². The second-order valence-electron chi connectivity index (χ2n) is 9.38. The molecule has 0 aliphatic carbocycles. The van der Waals surface area contributed by atoms with Crippen molar-refractivity contribution in [2.24, 2.45) is 0 Å². The van der Waals surface area contributed by atoms with Crippen LogP contribution in [-0.2, 0) is 4.74 Å². The van der Waals surface area contributed by atoms with E-state index in [1.165, 1.54) is 5.56 Å². The van der Waals surface area contributed by atoms with Gasteiger partial charge in [0.15, 0.2) is 11.3 Å². The fraction of sp³-hybridized carbons (Fsp3) is 0.385. The summed E-state index contributed by atoms with van der Waals surface area (Å²) in [5, 5.41) is 4.78. The Morgan fingerprint density at radius 2 is 1.78 bits per heavy atom. The van der Waals surface area contributed by atoms with Crippen molar-refractivity contribution in [2.75, 3.05) is 64.4 Å². The SMILES string of the molecule is Cc1cccc(-c2ccn(-c3cc(N4CCOCC4)c4nc(C(=O)N5CCN(C)CC5)oc4n3)n2)c1. The molecule has 6 rings (SSSR count). The number of oxazole rings is 1. The van der Waals surface area contributed by atoms with Gasteiger partial charge in [0.05, 0.1) is 24.6 Å². The Labute approximate surface area is 209 Å². The number of ether oxygens (including phenoxy) is 1. The van der Waals surface area contributed by atoms with Crippen LogP contribution in [0.5, 0.6) is 0 Å². The number of aryl methyl sites for hydroxylation is 1. The van der Waals surface area contributed by atoms with Crippen LogP contribution in [0.2, 0.25) is 0 Å². The number of anilines is 1. The van der Waals surface area contributed by atoms with Gasteiger partial charge < -0.3 is 23.9 Å². The van der Waals surface area contributed by atoms with E-state index in [2.05, 4.69) is 40.9 Å². The third-order valence-corrected chi connectivity index (χ3v) is 6.80. The topological polar surface area (TPSA) is 92.8 Å². The van der Waals surface area contributed by atoms with Gasteiger partial charge >= 0.3 is 5.91 Å². The van der Waals surface area contributed by atoms with Gasteiger partial charge in [0.2, 0.25) is 0 Å². The number of carbonyl (C=O) groups excluding carboxylic acids is 1. The average Bonchev–Trinajstić information content (AvgIpc) is 3.57. The van der Waals surface area contributed by atoms with Crippen LogP contribution in [0.15, 0.2) is 47.0 Å². The zero-order valence-electron chi connectivity index (χ0n) is 20.6. The van der Waals surface area contributed by atoms with E-state index in [0.29, 0.717) is 43.4 Å². The Hall–Kier alpha value is -3.76. The number of piperazine rings is 1. The summed E-state index contributed by atoms with van der Waals surface area (Å²) in [6, 6.07) is 12.2. The van der Waals surface area contributed by atoms with E-state index in [0.717, 1.165) is 43.1 Å². The molecule has 0 unspecified atom stereocenters. The number of nitrogens with zero attached hydrogens (tertiary/aromatic N) is 7. The van der Waals surface area contributed by atoms with E-state index in [-0.39, 0.29) is 11.8 Å². The number of morpholine rings is 1. The van der Waals surface area contributed by atoms with Crippen LogP contribution >= 0.6 is 0 Å². The number of likely N-dealkylation sites (N-methyl/N-ethyl adjacent to an activating group) is 1. The maximum absolute atomic E-state index is 13.2. The average molecular weight is 488 g/mol. The molecule has 1 aromatic carbocycles. The van der Waals surface area contributed by atoms with Crippen molar-refractivity contribution in [2.45, 2.75) is 6.92 Å². The Morgan fingerprint density at radius 3 is 2.56 bits per heavy atom. The summed E-state index contributed by atoms with van der Waals surface area (Å²) in [6.45, 7) is 7.73. The fourth-order valence-electron chi connectivity index (χ4n) is 4.69. The van der Waals surface area contributed by atoms with Crippen LogP contribution in [0.4, 0.5) is 5.69 Å². The molecule has 2 aliphatic rings. The molecule has 2 aliphatic heterocycles. The van der Waals surface area contributed by atoms with Crippen molar-refractivity contribution in [3.05, 3.63) is 54.0 Å². The first-order chi connectivity index (χ1) is 17.5. The highest BCUT2D eigenvalue weighted by Gasteiger charge is 2.27. The zero-order valence-corrected chi connectivity index (χ0v) is 20.6. The molecule has 2 fully saturated rings. The van der Waals surface area contributed by atoms with Gasteiger partial charge in [-0.05, 0) is 26.1 Å². The second-order valence-corrected chi connectivity index (χ2v) is 9.38. The number of pyridine rings is 1. The summed E-state index contributed by atoms with van der Waals surface area (Å²) in [4.78, 5) is 28.7. The summed E-state index contributed by atoms with van der Waals surface area (Å²) in [7, 11) is 2.06. The van der Waals surface area contributed by atoms with Crippen molar-refractivity contribution in [1.29, 1.82) is 0 Å². The number of aromatic nitrogens is 4. The molecule has 0 atom stereocenters. The molecule has 0 N–H and O–H groups in total. The van der Waals surface area contributed by atoms with E-state index < -0.39 is 0 Å². The minimum absolute atomic E-state index is 0.0784. The lowest BCUT2D eigenvalue weighted by Gasteiger charge is -2.31. The van der Waals surface area contributed by atoms with Crippen LogP contribution in [0, 0.1) is 6.92 Å². The molecule has 0 radical (unpaired) electrons. The minimum atomic E-state index is -0.198. The lowest BCUT2D eigenvalue weighted by Crippen LogP contribution is -2.47. The molecule has 0 saturated carbocycles. The summed E-state index contributed by atoms with van der Waals surface area (Å²) in [5.41, 5.74) is 4.87. The molecule has 36 heavy (non-hydrogen) atoms. The number of benzene rings is 1. The first-order valence-electron chi connectivity index (χ1n) is 12.3. The lowest BCUT2D eigenvalue weighted by molar-refractivity contribution is 0.0626. The number of fused-ring (bicyclic) bond motifs is 1. The highest BCUT2D eigenvalue weighted by atomic mass is 16.5. The Kier molecular flexibility index (Phi) is 5.90. The highest BCUT2D eigenvalue weighted by Crippen LogP contribution is 2.30.